The Bertz CT molecular complexity index is 656. The molecule has 2 unspecified atom stereocenters. The minimum Gasteiger partial charge on any atom is -0.480 e. The van der Waals surface area contributed by atoms with Crippen LogP contribution < -0.4 is 0 Å². The number of carboxylic acid groups (broad SMARTS) is 2. The van der Waals surface area contributed by atoms with Crippen LogP contribution in [-0.4, -0.2) is 47.6 Å². The Morgan fingerprint density at radius 2 is 0.600 bits per heavy atom. The SMILES string of the molecule is O=C(O)C(CCCCCCCCCCCCCCCCC1CO1)(CCCCCCCCCCCCCCCCC1CO1)C(=O)O. The molecule has 0 saturated carbocycles. The third-order valence-corrected chi connectivity index (χ3v) is 10.4. The van der Waals surface area contributed by atoms with Gasteiger partial charge in [-0.25, -0.2) is 0 Å². The van der Waals surface area contributed by atoms with Gasteiger partial charge >= 0.3 is 11.9 Å². The summed E-state index contributed by atoms with van der Waals surface area (Å²) in [4.78, 5) is 24.2. The summed E-state index contributed by atoms with van der Waals surface area (Å²) >= 11 is 0. The topological polar surface area (TPSA) is 99.7 Å². The highest BCUT2D eigenvalue weighted by atomic mass is 16.6. The maximum absolute atomic E-state index is 12.1. The highest BCUT2D eigenvalue weighted by Gasteiger charge is 2.45. The van der Waals surface area contributed by atoms with E-state index < -0.39 is 17.4 Å². The molecule has 0 amide bonds. The Kier molecular flexibility index (Phi) is 23.9. The van der Waals surface area contributed by atoms with Crippen molar-refractivity contribution in [3.05, 3.63) is 0 Å². The van der Waals surface area contributed by atoms with Crippen molar-refractivity contribution in [1.29, 1.82) is 0 Å². The fraction of sp³-hybridized carbons (Fsp3) is 0.949. The fourth-order valence-electron chi connectivity index (χ4n) is 6.95. The van der Waals surface area contributed by atoms with Gasteiger partial charge in [0.15, 0.2) is 5.41 Å². The molecule has 0 aromatic carbocycles. The summed E-state index contributed by atoms with van der Waals surface area (Å²) in [6.07, 6.45) is 38.7. The molecule has 2 N–H and O–H groups in total. The first kappa shape index (κ1) is 40.0. The second-order valence-electron chi connectivity index (χ2n) is 14.6. The van der Waals surface area contributed by atoms with Crippen LogP contribution in [0.4, 0.5) is 0 Å². The van der Waals surface area contributed by atoms with Crippen molar-refractivity contribution in [2.45, 2.75) is 218 Å². The Morgan fingerprint density at radius 1 is 0.400 bits per heavy atom. The molecule has 2 rings (SSSR count). The van der Waals surface area contributed by atoms with Gasteiger partial charge in [0.25, 0.3) is 0 Å². The van der Waals surface area contributed by atoms with E-state index in [4.69, 9.17) is 9.47 Å². The van der Waals surface area contributed by atoms with E-state index in [-0.39, 0.29) is 12.8 Å². The normalized spacial score (nSPS) is 17.5. The van der Waals surface area contributed by atoms with Crippen LogP contribution in [-0.2, 0) is 19.1 Å². The van der Waals surface area contributed by atoms with Gasteiger partial charge in [-0.1, -0.05) is 180 Å². The number of rotatable bonds is 36. The van der Waals surface area contributed by atoms with Crippen molar-refractivity contribution in [3.8, 4) is 0 Å². The molecule has 6 heteroatoms. The number of aliphatic carboxylic acids is 2. The fourth-order valence-corrected chi connectivity index (χ4v) is 6.95. The molecule has 0 bridgehead atoms. The van der Waals surface area contributed by atoms with E-state index in [0.29, 0.717) is 25.0 Å². The molecule has 2 heterocycles. The minimum absolute atomic E-state index is 0.265. The van der Waals surface area contributed by atoms with Crippen molar-refractivity contribution in [2.75, 3.05) is 13.2 Å². The predicted octanol–water partition coefficient (Wildman–Crippen LogP) is 11.4. The van der Waals surface area contributed by atoms with E-state index >= 15 is 0 Å². The van der Waals surface area contributed by atoms with Crippen molar-refractivity contribution in [3.63, 3.8) is 0 Å². The molecule has 0 aromatic heterocycles. The van der Waals surface area contributed by atoms with E-state index in [9.17, 15) is 19.8 Å². The van der Waals surface area contributed by atoms with E-state index in [1.54, 1.807) is 0 Å². The van der Waals surface area contributed by atoms with Gasteiger partial charge in [-0.05, 0) is 25.7 Å². The highest BCUT2D eigenvalue weighted by molar-refractivity contribution is 5.98. The molecule has 2 aliphatic rings. The largest absolute Gasteiger partial charge is 0.480 e. The smallest absolute Gasteiger partial charge is 0.321 e. The van der Waals surface area contributed by atoms with Crippen molar-refractivity contribution < 1.29 is 29.3 Å². The summed E-state index contributed by atoms with van der Waals surface area (Å²) in [5.74, 6) is -2.29. The van der Waals surface area contributed by atoms with Crippen LogP contribution in [0.25, 0.3) is 0 Å². The summed E-state index contributed by atoms with van der Waals surface area (Å²) in [6, 6.07) is 0. The molecule has 0 spiro atoms. The molecule has 6 nitrogen and oxygen atoms in total. The molecule has 0 aromatic rings. The highest BCUT2D eigenvalue weighted by Crippen LogP contribution is 2.33. The van der Waals surface area contributed by atoms with Crippen LogP contribution in [0.1, 0.15) is 205 Å². The number of hydrogen-bond donors (Lipinski definition) is 2. The molecular weight excluding hydrogens is 564 g/mol. The van der Waals surface area contributed by atoms with Crippen LogP contribution in [0.5, 0.6) is 0 Å². The standard InChI is InChI=1S/C39H72O6/c40-37(41)39(38(42)43,31-27-23-19-15-11-7-3-1-5-9-13-17-21-25-29-35-33-44-35)32-28-24-20-16-12-8-4-2-6-10-14-18-22-26-30-36-34-45-36/h35-36H,1-34H2,(H,40,41)(H,42,43). The number of carbonyl (C=O) groups is 2. The first-order chi connectivity index (χ1) is 22.0. The molecule has 2 saturated heterocycles. The first-order valence-electron chi connectivity index (χ1n) is 19.7. The molecular formula is C39H72O6. The van der Waals surface area contributed by atoms with Crippen LogP contribution in [0.15, 0.2) is 0 Å². The van der Waals surface area contributed by atoms with Crippen LogP contribution in [0.3, 0.4) is 0 Å². The third kappa shape index (κ3) is 22.1. The predicted molar refractivity (Wildman–Crippen MR) is 185 cm³/mol. The zero-order valence-corrected chi connectivity index (χ0v) is 29.2. The zero-order chi connectivity index (χ0) is 32.3. The monoisotopic (exact) mass is 637 g/mol. The summed E-state index contributed by atoms with van der Waals surface area (Å²) in [7, 11) is 0. The Labute approximate surface area is 277 Å². The van der Waals surface area contributed by atoms with Gasteiger partial charge in [0.1, 0.15) is 0 Å². The Hall–Kier alpha value is -1.14. The van der Waals surface area contributed by atoms with Gasteiger partial charge in [0, 0.05) is 0 Å². The van der Waals surface area contributed by atoms with Crippen LogP contribution >= 0.6 is 0 Å². The quantitative estimate of drug-likeness (QED) is 0.0403. The summed E-state index contributed by atoms with van der Waals surface area (Å²) in [6.45, 7) is 1.99. The number of ether oxygens (including phenoxy) is 2. The molecule has 0 aliphatic carbocycles. The molecule has 45 heavy (non-hydrogen) atoms. The average molecular weight is 637 g/mol. The van der Waals surface area contributed by atoms with Crippen molar-refractivity contribution in [1.82, 2.24) is 0 Å². The summed E-state index contributed by atoms with van der Waals surface area (Å²) in [5, 5.41) is 19.8. The van der Waals surface area contributed by atoms with Crippen molar-refractivity contribution >= 4 is 11.9 Å². The molecule has 2 aliphatic heterocycles. The van der Waals surface area contributed by atoms with Gasteiger partial charge in [0.2, 0.25) is 0 Å². The van der Waals surface area contributed by atoms with E-state index in [0.717, 1.165) is 38.9 Å². The van der Waals surface area contributed by atoms with Gasteiger partial charge in [-0.3, -0.25) is 9.59 Å². The summed E-state index contributed by atoms with van der Waals surface area (Å²) < 4.78 is 10.5. The molecule has 2 fully saturated rings. The number of epoxide rings is 2. The van der Waals surface area contributed by atoms with Crippen molar-refractivity contribution in [2.24, 2.45) is 5.41 Å². The van der Waals surface area contributed by atoms with Crippen LogP contribution in [0.2, 0.25) is 0 Å². The minimum atomic E-state index is -1.60. The molecule has 0 radical (unpaired) electrons. The lowest BCUT2D eigenvalue weighted by molar-refractivity contribution is -0.166. The maximum Gasteiger partial charge on any atom is 0.321 e. The lowest BCUT2D eigenvalue weighted by atomic mass is 9.78. The molecule has 2 atom stereocenters. The van der Waals surface area contributed by atoms with Gasteiger partial charge < -0.3 is 19.7 Å². The Morgan fingerprint density at radius 3 is 0.800 bits per heavy atom. The lowest BCUT2D eigenvalue weighted by Crippen LogP contribution is -2.39. The first-order valence-corrected chi connectivity index (χ1v) is 19.7. The zero-order valence-electron chi connectivity index (χ0n) is 29.2. The second-order valence-corrected chi connectivity index (χ2v) is 14.6. The average Bonchev–Trinajstić information content (AvgIpc) is 3.96. The number of unbranched alkanes of at least 4 members (excludes halogenated alkanes) is 26. The molecule has 264 valence electrons. The van der Waals surface area contributed by atoms with E-state index in [1.807, 2.05) is 0 Å². The Balaban J connectivity index is 1.35. The number of hydrogen-bond acceptors (Lipinski definition) is 4. The van der Waals surface area contributed by atoms with Crippen LogP contribution in [0, 0.1) is 5.41 Å². The third-order valence-electron chi connectivity index (χ3n) is 10.4. The van der Waals surface area contributed by atoms with Gasteiger partial charge in [-0.15, -0.1) is 0 Å². The van der Waals surface area contributed by atoms with E-state index in [1.165, 1.54) is 154 Å². The maximum atomic E-state index is 12.1. The second kappa shape index (κ2) is 26.9. The number of carboxylic acids is 2. The van der Waals surface area contributed by atoms with E-state index in [2.05, 4.69) is 0 Å². The summed E-state index contributed by atoms with van der Waals surface area (Å²) in [5.41, 5.74) is -1.60. The van der Waals surface area contributed by atoms with Gasteiger partial charge in [0.05, 0.1) is 25.4 Å². The van der Waals surface area contributed by atoms with Gasteiger partial charge in [-0.2, -0.15) is 0 Å². The lowest BCUT2D eigenvalue weighted by Gasteiger charge is -2.25.